The van der Waals surface area contributed by atoms with Crippen LogP contribution in [0.1, 0.15) is 20.3 Å². The Labute approximate surface area is 126 Å². The summed E-state index contributed by atoms with van der Waals surface area (Å²) in [5, 5.41) is 3.19. The van der Waals surface area contributed by atoms with Gasteiger partial charge in [0, 0.05) is 25.8 Å². The summed E-state index contributed by atoms with van der Waals surface area (Å²) < 4.78 is 31.4. The molecule has 1 N–H and O–H groups in total. The number of morpholine rings is 1. The number of anilines is 1. The van der Waals surface area contributed by atoms with Gasteiger partial charge in [-0.05, 0) is 24.5 Å². The molecule has 2 rings (SSSR count). The van der Waals surface area contributed by atoms with Crippen LogP contribution >= 0.6 is 0 Å². The summed E-state index contributed by atoms with van der Waals surface area (Å²) in [5.74, 6) is 1.33. The van der Waals surface area contributed by atoms with Gasteiger partial charge in [-0.2, -0.15) is 4.31 Å². The number of hydrogen-bond donors (Lipinski definition) is 1. The van der Waals surface area contributed by atoms with Crippen LogP contribution in [0.4, 0.5) is 5.82 Å². The molecule has 0 amide bonds. The zero-order valence-corrected chi connectivity index (χ0v) is 13.4. The molecule has 21 heavy (non-hydrogen) atoms. The predicted octanol–water partition coefficient (Wildman–Crippen LogP) is 1.56. The molecule has 1 saturated heterocycles. The number of rotatable bonds is 6. The lowest BCUT2D eigenvalue weighted by Crippen LogP contribution is -2.40. The molecule has 0 bridgehead atoms. The van der Waals surface area contributed by atoms with E-state index in [4.69, 9.17) is 4.74 Å². The summed E-state index contributed by atoms with van der Waals surface area (Å²) in [6, 6.07) is 3.32. The molecule has 0 radical (unpaired) electrons. The average Bonchev–Trinajstić information content (AvgIpc) is 2.48. The highest BCUT2D eigenvalue weighted by Crippen LogP contribution is 2.17. The van der Waals surface area contributed by atoms with E-state index in [1.54, 1.807) is 12.1 Å². The van der Waals surface area contributed by atoms with Crippen molar-refractivity contribution < 1.29 is 13.2 Å². The van der Waals surface area contributed by atoms with E-state index in [0.717, 1.165) is 13.0 Å². The SMILES string of the molecule is CC(C)CCNc1ccc(S(=O)(=O)N2CCOCC2)cn1. The van der Waals surface area contributed by atoms with E-state index in [1.165, 1.54) is 10.5 Å². The van der Waals surface area contributed by atoms with E-state index in [9.17, 15) is 8.42 Å². The molecule has 2 heterocycles. The van der Waals surface area contributed by atoms with Gasteiger partial charge in [0.1, 0.15) is 10.7 Å². The Hall–Kier alpha value is -1.18. The molecule has 0 aromatic carbocycles. The van der Waals surface area contributed by atoms with Gasteiger partial charge in [-0.1, -0.05) is 13.8 Å². The monoisotopic (exact) mass is 313 g/mol. The highest BCUT2D eigenvalue weighted by Gasteiger charge is 2.26. The Bertz CT molecular complexity index is 537. The minimum atomic E-state index is -3.45. The first-order chi connectivity index (χ1) is 10.00. The normalized spacial score (nSPS) is 17.1. The van der Waals surface area contributed by atoms with Crippen LogP contribution in [-0.2, 0) is 14.8 Å². The van der Waals surface area contributed by atoms with E-state index in [-0.39, 0.29) is 4.90 Å². The molecule has 1 aliphatic rings. The first-order valence-corrected chi connectivity index (χ1v) is 8.72. The molecule has 0 spiro atoms. The van der Waals surface area contributed by atoms with Crippen molar-refractivity contribution in [3.05, 3.63) is 18.3 Å². The number of sulfonamides is 1. The lowest BCUT2D eigenvalue weighted by molar-refractivity contribution is 0.0730. The van der Waals surface area contributed by atoms with E-state index in [1.807, 2.05) is 0 Å². The molecule has 7 heteroatoms. The number of nitrogens with one attached hydrogen (secondary N) is 1. The molecule has 1 fully saturated rings. The lowest BCUT2D eigenvalue weighted by atomic mass is 10.1. The van der Waals surface area contributed by atoms with Crippen molar-refractivity contribution in [3.63, 3.8) is 0 Å². The van der Waals surface area contributed by atoms with Crippen LogP contribution in [0.3, 0.4) is 0 Å². The largest absolute Gasteiger partial charge is 0.379 e. The zero-order valence-electron chi connectivity index (χ0n) is 12.6. The fourth-order valence-corrected chi connectivity index (χ4v) is 3.42. The van der Waals surface area contributed by atoms with Crippen LogP contribution in [-0.4, -0.2) is 50.6 Å². The van der Waals surface area contributed by atoms with Crippen molar-refractivity contribution in [2.75, 3.05) is 38.2 Å². The molecule has 118 valence electrons. The van der Waals surface area contributed by atoms with Gasteiger partial charge in [0.25, 0.3) is 0 Å². The molecule has 0 unspecified atom stereocenters. The summed E-state index contributed by atoms with van der Waals surface area (Å²) in [6.45, 7) is 6.84. The molecular formula is C14H23N3O3S. The first kappa shape index (κ1) is 16.2. The topological polar surface area (TPSA) is 71.5 Å². The maximum atomic E-state index is 12.4. The van der Waals surface area contributed by atoms with Crippen LogP contribution < -0.4 is 5.32 Å². The van der Waals surface area contributed by atoms with Crippen LogP contribution in [0.2, 0.25) is 0 Å². The van der Waals surface area contributed by atoms with Crippen molar-refractivity contribution in [3.8, 4) is 0 Å². The quantitative estimate of drug-likeness (QED) is 0.863. The molecular weight excluding hydrogens is 290 g/mol. The molecule has 6 nitrogen and oxygen atoms in total. The summed E-state index contributed by atoms with van der Waals surface area (Å²) >= 11 is 0. The minimum absolute atomic E-state index is 0.235. The summed E-state index contributed by atoms with van der Waals surface area (Å²) in [7, 11) is -3.45. The van der Waals surface area contributed by atoms with Crippen molar-refractivity contribution in [2.45, 2.75) is 25.2 Å². The van der Waals surface area contributed by atoms with Crippen LogP contribution in [0, 0.1) is 5.92 Å². The predicted molar refractivity (Wildman–Crippen MR) is 81.8 cm³/mol. The summed E-state index contributed by atoms with van der Waals surface area (Å²) in [6.07, 6.45) is 2.47. The smallest absolute Gasteiger partial charge is 0.244 e. The van der Waals surface area contributed by atoms with Crippen molar-refractivity contribution >= 4 is 15.8 Å². The number of nitrogens with zero attached hydrogens (tertiary/aromatic N) is 2. The Balaban J connectivity index is 2.00. The second-order valence-electron chi connectivity index (χ2n) is 5.50. The van der Waals surface area contributed by atoms with Crippen molar-refractivity contribution in [2.24, 2.45) is 5.92 Å². The maximum Gasteiger partial charge on any atom is 0.244 e. The number of aromatic nitrogens is 1. The second kappa shape index (κ2) is 7.20. The maximum absolute atomic E-state index is 12.4. The Morgan fingerprint density at radius 1 is 1.33 bits per heavy atom. The van der Waals surface area contributed by atoms with Crippen LogP contribution in [0.5, 0.6) is 0 Å². The zero-order chi connectivity index (χ0) is 15.3. The van der Waals surface area contributed by atoms with E-state index >= 15 is 0 Å². The lowest BCUT2D eigenvalue weighted by Gasteiger charge is -2.25. The van der Waals surface area contributed by atoms with Gasteiger partial charge in [-0.25, -0.2) is 13.4 Å². The van der Waals surface area contributed by atoms with Gasteiger partial charge in [0.15, 0.2) is 0 Å². The molecule has 0 saturated carbocycles. The van der Waals surface area contributed by atoms with E-state index in [2.05, 4.69) is 24.1 Å². The Morgan fingerprint density at radius 3 is 2.62 bits per heavy atom. The Kier molecular flexibility index (Phi) is 5.55. The summed E-state index contributed by atoms with van der Waals surface area (Å²) in [5.41, 5.74) is 0. The molecule has 0 aliphatic carbocycles. The molecule has 1 aromatic rings. The van der Waals surface area contributed by atoms with Crippen LogP contribution in [0.25, 0.3) is 0 Å². The Morgan fingerprint density at radius 2 is 2.05 bits per heavy atom. The highest BCUT2D eigenvalue weighted by molar-refractivity contribution is 7.89. The van der Waals surface area contributed by atoms with Gasteiger partial charge in [-0.3, -0.25) is 0 Å². The van der Waals surface area contributed by atoms with Gasteiger partial charge in [0.2, 0.25) is 10.0 Å². The van der Waals surface area contributed by atoms with Crippen molar-refractivity contribution in [1.29, 1.82) is 0 Å². The minimum Gasteiger partial charge on any atom is -0.379 e. The third-order valence-electron chi connectivity index (χ3n) is 3.37. The highest BCUT2D eigenvalue weighted by atomic mass is 32.2. The molecule has 1 aliphatic heterocycles. The van der Waals surface area contributed by atoms with Crippen LogP contribution in [0.15, 0.2) is 23.2 Å². The van der Waals surface area contributed by atoms with Gasteiger partial charge in [-0.15, -0.1) is 0 Å². The van der Waals surface area contributed by atoms with Gasteiger partial charge < -0.3 is 10.1 Å². The fourth-order valence-electron chi connectivity index (χ4n) is 2.06. The fraction of sp³-hybridized carbons (Fsp3) is 0.643. The second-order valence-corrected chi connectivity index (χ2v) is 7.44. The molecule has 1 aromatic heterocycles. The van der Waals surface area contributed by atoms with Crippen molar-refractivity contribution in [1.82, 2.24) is 9.29 Å². The average molecular weight is 313 g/mol. The number of ether oxygens (including phenoxy) is 1. The summed E-state index contributed by atoms with van der Waals surface area (Å²) in [4.78, 5) is 4.42. The third kappa shape index (κ3) is 4.39. The van der Waals surface area contributed by atoms with E-state index < -0.39 is 10.0 Å². The van der Waals surface area contributed by atoms with Gasteiger partial charge >= 0.3 is 0 Å². The standard InChI is InChI=1S/C14H23N3O3S/c1-12(2)5-6-15-14-4-3-13(11-16-14)21(18,19)17-7-9-20-10-8-17/h3-4,11-12H,5-10H2,1-2H3,(H,15,16). The first-order valence-electron chi connectivity index (χ1n) is 7.28. The number of pyridine rings is 1. The third-order valence-corrected chi connectivity index (χ3v) is 5.25. The number of hydrogen-bond acceptors (Lipinski definition) is 5. The van der Waals surface area contributed by atoms with Gasteiger partial charge in [0.05, 0.1) is 13.2 Å². The molecule has 0 atom stereocenters. The van der Waals surface area contributed by atoms with E-state index in [0.29, 0.717) is 38.0 Å².